The van der Waals surface area contributed by atoms with Crippen LogP contribution in [0.5, 0.6) is 0 Å². The molecule has 0 unspecified atom stereocenters. The highest BCUT2D eigenvalue weighted by molar-refractivity contribution is 7.12. The second-order valence-electron chi connectivity index (χ2n) is 6.28. The number of ether oxygens (including phenoxy) is 1. The lowest BCUT2D eigenvalue weighted by Gasteiger charge is -2.19. The maximum atomic E-state index is 12.8. The molecule has 7 nitrogen and oxygen atoms in total. The van der Waals surface area contributed by atoms with Crippen LogP contribution in [-0.2, 0) is 9.53 Å². The molecule has 146 valence electrons. The Bertz CT molecular complexity index is 1060. The van der Waals surface area contributed by atoms with Crippen LogP contribution >= 0.6 is 11.3 Å². The predicted molar refractivity (Wildman–Crippen MR) is 106 cm³/mol. The quantitative estimate of drug-likeness (QED) is 0.458. The lowest BCUT2D eigenvalue weighted by atomic mass is 10.1. The van der Waals surface area contributed by atoms with Gasteiger partial charge in [-0.05, 0) is 29.6 Å². The van der Waals surface area contributed by atoms with E-state index >= 15 is 0 Å². The minimum Gasteiger partial charge on any atom is -0.467 e. The number of hydrogen-bond donors (Lipinski definition) is 0. The van der Waals surface area contributed by atoms with Crippen LogP contribution in [0.3, 0.4) is 0 Å². The van der Waals surface area contributed by atoms with Crippen molar-refractivity contribution in [2.45, 2.75) is 12.5 Å². The van der Waals surface area contributed by atoms with Crippen LogP contribution in [0.1, 0.15) is 43.8 Å². The van der Waals surface area contributed by atoms with Gasteiger partial charge in [-0.15, -0.1) is 11.3 Å². The molecule has 1 aliphatic heterocycles. The summed E-state index contributed by atoms with van der Waals surface area (Å²) < 4.78 is 10.6. The Hall–Kier alpha value is -3.52. The molecule has 29 heavy (non-hydrogen) atoms. The number of aldehydes is 1. The van der Waals surface area contributed by atoms with Gasteiger partial charge in [0.25, 0.3) is 5.91 Å². The number of hydrogen-bond acceptors (Lipinski definition) is 7. The third kappa shape index (κ3) is 3.88. The second-order valence-corrected chi connectivity index (χ2v) is 7.23. The Labute approximate surface area is 170 Å². The molecule has 0 aliphatic carbocycles. The zero-order valence-corrected chi connectivity index (χ0v) is 16.0. The van der Waals surface area contributed by atoms with Crippen molar-refractivity contribution in [1.82, 2.24) is 5.01 Å². The Balaban J connectivity index is 1.50. The zero-order valence-electron chi connectivity index (χ0n) is 15.2. The van der Waals surface area contributed by atoms with Gasteiger partial charge in [0, 0.05) is 12.0 Å². The molecule has 2 aromatic heterocycles. The van der Waals surface area contributed by atoms with Gasteiger partial charge in [0.2, 0.25) is 0 Å². The van der Waals surface area contributed by atoms with E-state index in [2.05, 4.69) is 5.10 Å². The van der Waals surface area contributed by atoms with E-state index < -0.39 is 24.5 Å². The van der Waals surface area contributed by atoms with Crippen molar-refractivity contribution >= 4 is 35.2 Å². The van der Waals surface area contributed by atoms with Gasteiger partial charge in [0.1, 0.15) is 11.8 Å². The van der Waals surface area contributed by atoms with Crippen LogP contribution in [-0.4, -0.2) is 35.5 Å². The fourth-order valence-corrected chi connectivity index (χ4v) is 3.81. The summed E-state index contributed by atoms with van der Waals surface area (Å²) in [5.74, 6) is -0.613. The van der Waals surface area contributed by atoms with Crippen LogP contribution in [0.15, 0.2) is 69.7 Å². The van der Waals surface area contributed by atoms with E-state index in [1.54, 1.807) is 24.3 Å². The van der Waals surface area contributed by atoms with E-state index in [4.69, 9.17) is 9.15 Å². The molecule has 0 bridgehead atoms. The molecular formula is C21H16N2O5S. The summed E-state index contributed by atoms with van der Waals surface area (Å²) in [5, 5.41) is 7.70. The van der Waals surface area contributed by atoms with Crippen molar-refractivity contribution in [2.24, 2.45) is 5.10 Å². The summed E-state index contributed by atoms with van der Waals surface area (Å²) >= 11 is 1.54. The molecule has 0 radical (unpaired) electrons. The molecule has 8 heteroatoms. The van der Waals surface area contributed by atoms with Gasteiger partial charge in [-0.2, -0.15) is 5.10 Å². The summed E-state index contributed by atoms with van der Waals surface area (Å²) in [6.07, 6.45) is 2.61. The van der Waals surface area contributed by atoms with Gasteiger partial charge in [-0.3, -0.25) is 9.59 Å². The van der Waals surface area contributed by atoms with Crippen molar-refractivity contribution in [1.29, 1.82) is 0 Å². The number of carbonyl (C=O) groups is 3. The molecule has 3 aromatic rings. The van der Waals surface area contributed by atoms with E-state index in [0.717, 1.165) is 10.6 Å². The van der Waals surface area contributed by atoms with Gasteiger partial charge in [-0.25, -0.2) is 9.80 Å². The Kier molecular flexibility index (Phi) is 5.35. The van der Waals surface area contributed by atoms with Crippen molar-refractivity contribution in [3.05, 3.63) is 81.9 Å². The second kappa shape index (κ2) is 8.24. The lowest BCUT2D eigenvalue weighted by molar-refractivity contribution is -0.136. The minimum absolute atomic E-state index is 0.113. The van der Waals surface area contributed by atoms with Crippen LogP contribution in [0, 0.1) is 0 Å². The monoisotopic (exact) mass is 408 g/mol. The Morgan fingerprint density at radius 2 is 2.07 bits per heavy atom. The predicted octanol–water partition coefficient (Wildman–Crippen LogP) is 3.69. The van der Waals surface area contributed by atoms with Gasteiger partial charge < -0.3 is 9.15 Å². The van der Waals surface area contributed by atoms with Crippen LogP contribution in [0.25, 0.3) is 0 Å². The normalized spacial score (nSPS) is 15.8. The van der Waals surface area contributed by atoms with E-state index in [-0.39, 0.29) is 11.1 Å². The van der Waals surface area contributed by atoms with Crippen molar-refractivity contribution in [3.8, 4) is 0 Å². The fraction of sp³-hybridized carbons (Fsp3) is 0.143. The molecule has 1 aliphatic rings. The highest BCUT2D eigenvalue weighted by Crippen LogP contribution is 2.34. The van der Waals surface area contributed by atoms with Gasteiger partial charge in [0.05, 0.1) is 22.4 Å². The molecule has 0 saturated heterocycles. The number of carbonyl (C=O) groups excluding carboxylic acids is 3. The number of hydrazone groups is 1. The molecule has 0 fully saturated rings. The Morgan fingerprint density at radius 1 is 1.21 bits per heavy atom. The number of rotatable bonds is 6. The molecular weight excluding hydrogens is 392 g/mol. The Morgan fingerprint density at radius 3 is 2.79 bits per heavy atom. The summed E-state index contributed by atoms with van der Waals surface area (Å²) in [7, 11) is 0. The topological polar surface area (TPSA) is 89.2 Å². The highest BCUT2D eigenvalue weighted by atomic mass is 32.1. The first-order chi connectivity index (χ1) is 14.2. The van der Waals surface area contributed by atoms with Crippen molar-refractivity contribution in [2.75, 3.05) is 6.61 Å². The fourth-order valence-electron chi connectivity index (χ4n) is 3.09. The van der Waals surface area contributed by atoms with Crippen molar-refractivity contribution < 1.29 is 23.5 Å². The third-order valence-electron chi connectivity index (χ3n) is 4.48. The molecule has 4 rings (SSSR count). The average molecular weight is 408 g/mol. The molecule has 1 amide bonds. The van der Waals surface area contributed by atoms with E-state index in [0.29, 0.717) is 18.5 Å². The first kappa shape index (κ1) is 18.8. The zero-order chi connectivity index (χ0) is 20.2. The molecule has 0 N–H and O–H groups in total. The maximum Gasteiger partial charge on any atom is 0.339 e. The summed E-state index contributed by atoms with van der Waals surface area (Å²) in [4.78, 5) is 37.1. The molecule has 1 aromatic carbocycles. The van der Waals surface area contributed by atoms with E-state index in [1.807, 2.05) is 17.5 Å². The number of nitrogens with zero attached hydrogens (tertiary/aromatic N) is 2. The third-order valence-corrected chi connectivity index (χ3v) is 5.40. The van der Waals surface area contributed by atoms with E-state index in [9.17, 15) is 14.4 Å². The number of amides is 1. The first-order valence-corrected chi connectivity index (χ1v) is 9.73. The highest BCUT2D eigenvalue weighted by Gasteiger charge is 2.35. The number of esters is 1. The number of benzene rings is 1. The lowest BCUT2D eigenvalue weighted by Crippen LogP contribution is -2.31. The molecule has 0 saturated carbocycles. The molecule has 1 atom stereocenters. The van der Waals surface area contributed by atoms with Crippen LogP contribution in [0.4, 0.5) is 0 Å². The summed E-state index contributed by atoms with van der Waals surface area (Å²) in [6, 6.07) is 13.2. The summed E-state index contributed by atoms with van der Waals surface area (Å²) in [6.45, 7) is -0.496. The van der Waals surface area contributed by atoms with Crippen LogP contribution < -0.4 is 0 Å². The summed E-state index contributed by atoms with van der Waals surface area (Å²) in [5.41, 5.74) is 1.09. The largest absolute Gasteiger partial charge is 0.467 e. The van der Waals surface area contributed by atoms with Crippen LogP contribution in [0.2, 0.25) is 0 Å². The van der Waals surface area contributed by atoms with Gasteiger partial charge >= 0.3 is 5.97 Å². The number of thiophene rings is 1. The standard InChI is InChI=1S/C21H16N2O5S/c24-12-14-5-1-2-6-15(14)21(26)28-13-20(25)23-17(18-7-3-9-27-18)11-16(22-23)19-8-4-10-29-19/h1-10,12,17H,11,13H2/t17-/m0/s1. The minimum atomic E-state index is -0.739. The molecule has 0 spiro atoms. The SMILES string of the molecule is O=Cc1ccccc1C(=O)OCC(=O)N1N=C(c2cccs2)C[C@H]1c1ccco1. The van der Waals surface area contributed by atoms with E-state index in [1.165, 1.54) is 34.7 Å². The maximum absolute atomic E-state index is 12.8. The average Bonchev–Trinajstić information content (AvgIpc) is 3.51. The van der Waals surface area contributed by atoms with Gasteiger partial charge in [0.15, 0.2) is 12.9 Å². The number of furan rings is 1. The first-order valence-electron chi connectivity index (χ1n) is 8.85. The van der Waals surface area contributed by atoms with Crippen molar-refractivity contribution in [3.63, 3.8) is 0 Å². The van der Waals surface area contributed by atoms with Gasteiger partial charge in [-0.1, -0.05) is 24.3 Å². The smallest absolute Gasteiger partial charge is 0.339 e. The molecule has 3 heterocycles.